The molecule has 14 heavy (non-hydrogen) atoms. The van der Waals surface area contributed by atoms with Gasteiger partial charge in [-0.2, -0.15) is 0 Å². The van der Waals surface area contributed by atoms with E-state index in [1.54, 1.807) is 11.9 Å². The lowest BCUT2D eigenvalue weighted by molar-refractivity contribution is 0.0773. The number of hydrogen-bond acceptors (Lipinski definition) is 4. The Morgan fingerprint density at radius 3 is 2.79 bits per heavy atom. The van der Waals surface area contributed by atoms with Crippen LogP contribution in [0.4, 0.5) is 5.69 Å². The first-order chi connectivity index (χ1) is 6.84. The molecule has 0 unspecified atom stereocenters. The van der Waals surface area contributed by atoms with Crippen LogP contribution in [0, 0.1) is 0 Å². The van der Waals surface area contributed by atoms with Crippen molar-refractivity contribution in [2.75, 3.05) is 32.0 Å². The number of nitrogens with zero attached hydrogens (tertiary/aromatic N) is 1. The molecule has 1 fully saturated rings. The van der Waals surface area contributed by atoms with E-state index in [0.717, 1.165) is 32.0 Å². The molecular formula is C10H14N2OS. The van der Waals surface area contributed by atoms with Crippen molar-refractivity contribution >= 4 is 17.6 Å². The summed E-state index contributed by atoms with van der Waals surface area (Å²) in [5.74, 6) is 0. The van der Waals surface area contributed by atoms with Crippen LogP contribution in [-0.2, 0) is 4.74 Å². The summed E-state index contributed by atoms with van der Waals surface area (Å²) in [7, 11) is 0. The number of benzene rings is 1. The molecule has 1 saturated heterocycles. The first-order valence-corrected chi connectivity index (χ1v) is 5.48. The van der Waals surface area contributed by atoms with Crippen molar-refractivity contribution in [1.82, 2.24) is 4.31 Å². The van der Waals surface area contributed by atoms with Crippen LogP contribution in [0.5, 0.6) is 0 Å². The maximum absolute atomic E-state index is 5.71. The maximum atomic E-state index is 5.71. The van der Waals surface area contributed by atoms with Crippen molar-refractivity contribution < 1.29 is 4.74 Å². The summed E-state index contributed by atoms with van der Waals surface area (Å²) in [6.45, 7) is 3.63. The molecule has 0 saturated carbocycles. The number of anilines is 1. The van der Waals surface area contributed by atoms with Gasteiger partial charge >= 0.3 is 0 Å². The highest BCUT2D eigenvalue weighted by molar-refractivity contribution is 7.97. The Morgan fingerprint density at radius 1 is 1.29 bits per heavy atom. The SMILES string of the molecule is Nc1cccc(SN2CCOCC2)c1. The van der Waals surface area contributed by atoms with Gasteiger partial charge in [0.2, 0.25) is 0 Å². The van der Waals surface area contributed by atoms with Gasteiger partial charge in [-0.25, -0.2) is 4.31 Å². The third-order valence-electron chi connectivity index (χ3n) is 2.06. The zero-order valence-corrected chi connectivity index (χ0v) is 8.80. The molecule has 1 aliphatic rings. The van der Waals surface area contributed by atoms with E-state index in [-0.39, 0.29) is 0 Å². The molecule has 0 aliphatic carbocycles. The number of nitrogen functional groups attached to an aromatic ring is 1. The fourth-order valence-corrected chi connectivity index (χ4v) is 2.32. The molecule has 2 rings (SSSR count). The van der Waals surface area contributed by atoms with E-state index in [4.69, 9.17) is 10.5 Å². The summed E-state index contributed by atoms with van der Waals surface area (Å²) in [4.78, 5) is 1.20. The van der Waals surface area contributed by atoms with Crippen LogP contribution in [-0.4, -0.2) is 30.6 Å². The van der Waals surface area contributed by atoms with Gasteiger partial charge in [-0.15, -0.1) is 0 Å². The second-order valence-electron chi connectivity index (χ2n) is 3.21. The first kappa shape index (κ1) is 9.83. The molecule has 1 aliphatic heterocycles. The minimum Gasteiger partial charge on any atom is -0.399 e. The van der Waals surface area contributed by atoms with E-state index in [1.165, 1.54) is 4.90 Å². The number of morpholine rings is 1. The summed E-state index contributed by atoms with van der Waals surface area (Å²) in [6.07, 6.45) is 0. The third-order valence-corrected chi connectivity index (χ3v) is 3.15. The van der Waals surface area contributed by atoms with Crippen LogP contribution >= 0.6 is 11.9 Å². The summed E-state index contributed by atoms with van der Waals surface area (Å²) >= 11 is 1.75. The van der Waals surface area contributed by atoms with Crippen LogP contribution in [0.15, 0.2) is 29.2 Å². The van der Waals surface area contributed by atoms with Gasteiger partial charge in [-0.3, -0.25) is 0 Å². The minimum absolute atomic E-state index is 0.822. The fraction of sp³-hybridized carbons (Fsp3) is 0.400. The third kappa shape index (κ3) is 2.64. The maximum Gasteiger partial charge on any atom is 0.0603 e. The van der Waals surface area contributed by atoms with Gasteiger partial charge < -0.3 is 10.5 Å². The van der Waals surface area contributed by atoms with Gasteiger partial charge in [-0.05, 0) is 30.1 Å². The van der Waals surface area contributed by atoms with Gasteiger partial charge in [0.25, 0.3) is 0 Å². The van der Waals surface area contributed by atoms with Crippen LogP contribution in [0.1, 0.15) is 0 Å². The van der Waals surface area contributed by atoms with Crippen molar-refractivity contribution in [1.29, 1.82) is 0 Å². The van der Waals surface area contributed by atoms with Crippen LogP contribution < -0.4 is 5.73 Å². The van der Waals surface area contributed by atoms with Gasteiger partial charge in [0.15, 0.2) is 0 Å². The molecule has 76 valence electrons. The molecule has 3 nitrogen and oxygen atoms in total. The molecule has 0 spiro atoms. The Labute approximate surface area is 88.4 Å². The molecule has 2 N–H and O–H groups in total. The Hall–Kier alpha value is -0.710. The molecule has 0 radical (unpaired) electrons. The highest BCUT2D eigenvalue weighted by Crippen LogP contribution is 2.24. The molecule has 1 heterocycles. The molecular weight excluding hydrogens is 196 g/mol. The Balaban J connectivity index is 1.95. The van der Waals surface area contributed by atoms with Crippen molar-refractivity contribution in [3.8, 4) is 0 Å². The zero-order chi connectivity index (χ0) is 9.80. The molecule has 0 amide bonds. The lowest BCUT2D eigenvalue weighted by Crippen LogP contribution is -2.30. The van der Waals surface area contributed by atoms with Gasteiger partial charge in [0.1, 0.15) is 0 Å². The van der Waals surface area contributed by atoms with Crippen molar-refractivity contribution in [2.24, 2.45) is 0 Å². The molecule has 0 bridgehead atoms. The molecule has 4 heteroatoms. The Kier molecular flexibility index (Phi) is 3.29. The number of ether oxygens (including phenoxy) is 1. The van der Waals surface area contributed by atoms with E-state index in [2.05, 4.69) is 10.4 Å². The Bertz CT molecular complexity index is 300. The van der Waals surface area contributed by atoms with Crippen molar-refractivity contribution in [3.05, 3.63) is 24.3 Å². The van der Waals surface area contributed by atoms with E-state index in [1.807, 2.05) is 18.2 Å². The largest absolute Gasteiger partial charge is 0.399 e. The quantitative estimate of drug-likeness (QED) is 0.594. The van der Waals surface area contributed by atoms with Gasteiger partial charge in [-0.1, -0.05) is 6.07 Å². The van der Waals surface area contributed by atoms with Crippen LogP contribution in [0.25, 0.3) is 0 Å². The van der Waals surface area contributed by atoms with Crippen LogP contribution in [0.2, 0.25) is 0 Å². The van der Waals surface area contributed by atoms with E-state index in [0.29, 0.717) is 0 Å². The minimum atomic E-state index is 0.822. The number of nitrogens with two attached hydrogens (primary N) is 1. The topological polar surface area (TPSA) is 38.5 Å². The predicted octanol–water partition coefficient (Wildman–Crippen LogP) is 1.61. The summed E-state index contributed by atoms with van der Waals surface area (Å²) < 4.78 is 7.59. The fourth-order valence-electron chi connectivity index (χ4n) is 1.36. The number of hydrogen-bond donors (Lipinski definition) is 1. The first-order valence-electron chi connectivity index (χ1n) is 4.71. The lowest BCUT2D eigenvalue weighted by Gasteiger charge is -2.25. The number of rotatable bonds is 2. The summed E-state index contributed by atoms with van der Waals surface area (Å²) in [5, 5.41) is 0. The zero-order valence-electron chi connectivity index (χ0n) is 7.98. The van der Waals surface area contributed by atoms with E-state index >= 15 is 0 Å². The normalized spacial score (nSPS) is 18.3. The molecule has 1 aromatic carbocycles. The van der Waals surface area contributed by atoms with Crippen molar-refractivity contribution in [3.63, 3.8) is 0 Å². The molecule has 1 aromatic rings. The lowest BCUT2D eigenvalue weighted by atomic mass is 10.3. The predicted molar refractivity (Wildman–Crippen MR) is 59.1 cm³/mol. The smallest absolute Gasteiger partial charge is 0.0603 e. The van der Waals surface area contributed by atoms with Gasteiger partial charge in [0, 0.05) is 23.7 Å². The summed E-state index contributed by atoms with van der Waals surface area (Å²) in [6, 6.07) is 7.97. The highest BCUT2D eigenvalue weighted by atomic mass is 32.2. The molecule has 0 atom stereocenters. The van der Waals surface area contributed by atoms with Gasteiger partial charge in [0.05, 0.1) is 13.2 Å². The standard InChI is InChI=1S/C10H14N2OS/c11-9-2-1-3-10(8-9)14-12-4-6-13-7-5-12/h1-3,8H,4-7,11H2. The van der Waals surface area contributed by atoms with E-state index < -0.39 is 0 Å². The van der Waals surface area contributed by atoms with E-state index in [9.17, 15) is 0 Å². The molecule has 0 aromatic heterocycles. The second kappa shape index (κ2) is 4.68. The Morgan fingerprint density at radius 2 is 2.07 bits per heavy atom. The monoisotopic (exact) mass is 210 g/mol. The summed E-state index contributed by atoms with van der Waals surface area (Å²) in [5.41, 5.74) is 6.53. The highest BCUT2D eigenvalue weighted by Gasteiger charge is 2.11. The van der Waals surface area contributed by atoms with Crippen LogP contribution in [0.3, 0.4) is 0 Å². The second-order valence-corrected chi connectivity index (χ2v) is 4.38. The average Bonchev–Trinajstić information content (AvgIpc) is 2.19. The average molecular weight is 210 g/mol. The van der Waals surface area contributed by atoms with Crippen molar-refractivity contribution in [2.45, 2.75) is 4.90 Å².